The van der Waals surface area contributed by atoms with E-state index < -0.39 is 0 Å². The van der Waals surface area contributed by atoms with Gasteiger partial charge in [-0.15, -0.1) is 0 Å². The van der Waals surface area contributed by atoms with Crippen LogP contribution in [-0.2, 0) is 10.2 Å². The first-order chi connectivity index (χ1) is 13.8. The Morgan fingerprint density at radius 2 is 1.66 bits per heavy atom. The number of benzene rings is 2. The maximum absolute atomic E-state index is 12.9. The van der Waals surface area contributed by atoms with Gasteiger partial charge in [-0.05, 0) is 35.7 Å². The summed E-state index contributed by atoms with van der Waals surface area (Å²) >= 11 is 0. The van der Waals surface area contributed by atoms with Crippen LogP contribution in [0.1, 0.15) is 48.3 Å². The predicted octanol–water partition coefficient (Wildman–Crippen LogP) is 3.23. The normalized spacial score (nSPS) is 17.8. The van der Waals surface area contributed by atoms with Crippen LogP contribution in [0.4, 0.5) is 0 Å². The molecule has 5 nitrogen and oxygen atoms in total. The molecule has 2 aromatic carbocycles. The summed E-state index contributed by atoms with van der Waals surface area (Å²) in [4.78, 5) is 29.5. The Hall–Kier alpha value is -2.66. The fourth-order valence-corrected chi connectivity index (χ4v) is 3.66. The van der Waals surface area contributed by atoms with Gasteiger partial charge < -0.3 is 15.1 Å². The van der Waals surface area contributed by atoms with Crippen LogP contribution in [-0.4, -0.2) is 54.8 Å². The van der Waals surface area contributed by atoms with Crippen molar-refractivity contribution in [2.24, 2.45) is 0 Å². The van der Waals surface area contributed by atoms with Gasteiger partial charge in [0.05, 0.1) is 12.6 Å². The third kappa shape index (κ3) is 5.24. The third-order valence-corrected chi connectivity index (χ3v) is 5.50. The minimum atomic E-state index is -0.218. The molecule has 5 heteroatoms. The molecule has 1 unspecified atom stereocenters. The van der Waals surface area contributed by atoms with Crippen LogP contribution < -0.4 is 5.32 Å². The predicted molar refractivity (Wildman–Crippen MR) is 116 cm³/mol. The lowest BCUT2D eigenvalue weighted by Crippen LogP contribution is -2.51. The van der Waals surface area contributed by atoms with Crippen molar-refractivity contribution in [3.63, 3.8) is 0 Å². The van der Waals surface area contributed by atoms with E-state index in [-0.39, 0.29) is 29.8 Å². The molecule has 0 bridgehead atoms. The monoisotopic (exact) mass is 393 g/mol. The Morgan fingerprint density at radius 1 is 1.00 bits per heavy atom. The number of hydrogen-bond donors (Lipinski definition) is 1. The lowest BCUT2D eigenvalue weighted by Gasteiger charge is -2.40. The van der Waals surface area contributed by atoms with Crippen molar-refractivity contribution in [2.45, 2.75) is 32.2 Å². The van der Waals surface area contributed by atoms with Crippen molar-refractivity contribution < 1.29 is 9.59 Å². The average molecular weight is 394 g/mol. The topological polar surface area (TPSA) is 52.6 Å². The van der Waals surface area contributed by atoms with E-state index in [1.54, 1.807) is 0 Å². The molecule has 1 saturated heterocycles. The number of nitrogens with one attached hydrogen (secondary N) is 1. The zero-order valence-corrected chi connectivity index (χ0v) is 17.8. The molecule has 0 radical (unpaired) electrons. The first kappa shape index (κ1) is 21.1. The molecule has 3 rings (SSSR count). The van der Waals surface area contributed by atoms with Crippen LogP contribution in [0.2, 0.25) is 0 Å². The summed E-state index contributed by atoms with van der Waals surface area (Å²) in [7, 11) is 2.07. The molecule has 1 heterocycles. The van der Waals surface area contributed by atoms with Crippen molar-refractivity contribution in [3.05, 3.63) is 71.3 Å². The van der Waals surface area contributed by atoms with Gasteiger partial charge in [0.1, 0.15) is 0 Å². The molecule has 1 N–H and O–H groups in total. The number of carbonyl (C=O) groups is 2. The highest BCUT2D eigenvalue weighted by Crippen LogP contribution is 2.25. The Morgan fingerprint density at radius 3 is 2.28 bits per heavy atom. The van der Waals surface area contributed by atoms with E-state index in [4.69, 9.17) is 0 Å². The number of hydrogen-bond acceptors (Lipinski definition) is 3. The first-order valence-electron chi connectivity index (χ1n) is 10.2. The summed E-state index contributed by atoms with van der Waals surface area (Å²) in [5, 5.41) is 2.79. The molecule has 0 aliphatic carbocycles. The number of amides is 2. The second kappa shape index (κ2) is 8.78. The van der Waals surface area contributed by atoms with E-state index in [1.165, 1.54) is 5.56 Å². The number of likely N-dealkylation sites (N-methyl/N-ethyl adjacent to an activating group) is 1. The molecule has 2 amide bonds. The van der Waals surface area contributed by atoms with Gasteiger partial charge in [-0.2, -0.15) is 0 Å². The van der Waals surface area contributed by atoms with Crippen molar-refractivity contribution in [1.82, 2.24) is 15.1 Å². The van der Waals surface area contributed by atoms with Gasteiger partial charge in [0.25, 0.3) is 5.91 Å². The molecule has 0 saturated carbocycles. The SMILES string of the molecule is CN1CCN(C(=O)CNC(=O)c2ccc(C(C)(C)C)cc2)C(c2ccccc2)C1. The number of nitrogens with zero attached hydrogens (tertiary/aromatic N) is 2. The Balaban J connectivity index is 1.63. The highest BCUT2D eigenvalue weighted by molar-refractivity contribution is 5.96. The number of rotatable bonds is 4. The molecule has 0 aromatic heterocycles. The summed E-state index contributed by atoms with van der Waals surface area (Å²) < 4.78 is 0. The molecular formula is C24H31N3O2. The van der Waals surface area contributed by atoms with Gasteiger partial charge in [-0.25, -0.2) is 0 Å². The first-order valence-corrected chi connectivity index (χ1v) is 10.2. The molecule has 1 fully saturated rings. The molecule has 2 aromatic rings. The standard InChI is InChI=1S/C24H31N3O2/c1-24(2,3)20-12-10-19(11-13-20)23(29)25-16-22(28)27-15-14-26(4)17-21(27)18-8-6-5-7-9-18/h5-13,21H,14-17H2,1-4H3,(H,25,29). The van der Waals surface area contributed by atoms with E-state index in [0.717, 1.165) is 18.7 Å². The molecule has 1 aliphatic heterocycles. The van der Waals surface area contributed by atoms with Crippen LogP contribution >= 0.6 is 0 Å². The number of piperazine rings is 1. The van der Waals surface area contributed by atoms with Crippen LogP contribution in [0.5, 0.6) is 0 Å². The van der Waals surface area contributed by atoms with E-state index >= 15 is 0 Å². The Bertz CT molecular complexity index is 841. The second-order valence-corrected chi connectivity index (χ2v) is 8.79. The largest absolute Gasteiger partial charge is 0.343 e. The zero-order valence-electron chi connectivity index (χ0n) is 17.8. The van der Waals surface area contributed by atoms with Crippen LogP contribution in [0.25, 0.3) is 0 Å². The highest BCUT2D eigenvalue weighted by Gasteiger charge is 2.30. The van der Waals surface area contributed by atoms with Gasteiger partial charge in [-0.1, -0.05) is 63.2 Å². The minimum absolute atomic E-state index is 0.00502. The van der Waals surface area contributed by atoms with Crippen LogP contribution in [0.3, 0.4) is 0 Å². The maximum atomic E-state index is 12.9. The third-order valence-electron chi connectivity index (χ3n) is 5.50. The van der Waals surface area contributed by atoms with Crippen LogP contribution in [0, 0.1) is 0 Å². The lowest BCUT2D eigenvalue weighted by atomic mass is 9.87. The van der Waals surface area contributed by atoms with Crippen molar-refractivity contribution in [2.75, 3.05) is 33.2 Å². The summed E-state index contributed by atoms with van der Waals surface area (Å²) in [5.74, 6) is -0.268. The van der Waals surface area contributed by atoms with E-state index in [2.05, 4.69) is 50.2 Å². The van der Waals surface area contributed by atoms with E-state index in [9.17, 15) is 9.59 Å². The summed E-state index contributed by atoms with van der Waals surface area (Å²) in [6.45, 7) is 8.70. The van der Waals surface area contributed by atoms with Crippen molar-refractivity contribution in [3.8, 4) is 0 Å². The lowest BCUT2D eigenvalue weighted by molar-refractivity contribution is -0.135. The fourth-order valence-electron chi connectivity index (χ4n) is 3.66. The van der Waals surface area contributed by atoms with Gasteiger partial charge in [-0.3, -0.25) is 9.59 Å². The Kier molecular flexibility index (Phi) is 6.38. The second-order valence-electron chi connectivity index (χ2n) is 8.79. The fraction of sp³-hybridized carbons (Fsp3) is 0.417. The smallest absolute Gasteiger partial charge is 0.251 e. The quantitative estimate of drug-likeness (QED) is 0.868. The molecule has 1 atom stereocenters. The van der Waals surface area contributed by atoms with E-state index in [1.807, 2.05) is 47.4 Å². The summed E-state index contributed by atoms with van der Waals surface area (Å²) in [6, 6.07) is 17.7. The highest BCUT2D eigenvalue weighted by atomic mass is 16.2. The molecular weight excluding hydrogens is 362 g/mol. The van der Waals surface area contributed by atoms with E-state index in [0.29, 0.717) is 12.1 Å². The number of carbonyl (C=O) groups excluding carboxylic acids is 2. The summed E-state index contributed by atoms with van der Waals surface area (Å²) in [5.41, 5.74) is 2.91. The molecule has 154 valence electrons. The average Bonchev–Trinajstić information content (AvgIpc) is 2.71. The van der Waals surface area contributed by atoms with Gasteiger partial charge >= 0.3 is 0 Å². The molecule has 29 heavy (non-hydrogen) atoms. The minimum Gasteiger partial charge on any atom is -0.343 e. The van der Waals surface area contributed by atoms with Crippen molar-refractivity contribution in [1.29, 1.82) is 0 Å². The van der Waals surface area contributed by atoms with Crippen LogP contribution in [0.15, 0.2) is 54.6 Å². The molecule has 1 aliphatic rings. The maximum Gasteiger partial charge on any atom is 0.251 e. The van der Waals surface area contributed by atoms with Gasteiger partial charge in [0, 0.05) is 25.2 Å². The Labute approximate surface area is 173 Å². The molecule has 0 spiro atoms. The summed E-state index contributed by atoms with van der Waals surface area (Å²) in [6.07, 6.45) is 0. The zero-order chi connectivity index (χ0) is 21.0. The van der Waals surface area contributed by atoms with Crippen molar-refractivity contribution >= 4 is 11.8 Å². The van der Waals surface area contributed by atoms with Gasteiger partial charge in [0.2, 0.25) is 5.91 Å². The van der Waals surface area contributed by atoms with Gasteiger partial charge in [0.15, 0.2) is 0 Å².